The summed E-state index contributed by atoms with van der Waals surface area (Å²) in [7, 11) is 0. The molecule has 0 aromatic heterocycles. The molecule has 0 N–H and O–H groups in total. The predicted octanol–water partition coefficient (Wildman–Crippen LogP) is 5.68. The van der Waals surface area contributed by atoms with Gasteiger partial charge in [-0.2, -0.15) is 5.26 Å². The van der Waals surface area contributed by atoms with E-state index in [2.05, 4.69) is 24.8 Å². The molecular formula is C25H22FN. The lowest BCUT2D eigenvalue weighted by Crippen LogP contribution is -2.34. The van der Waals surface area contributed by atoms with Crippen LogP contribution in [0, 0.1) is 23.2 Å². The maximum absolute atomic E-state index is 15.1. The zero-order valence-electron chi connectivity index (χ0n) is 15.5. The van der Waals surface area contributed by atoms with E-state index in [1.807, 2.05) is 54.6 Å². The minimum atomic E-state index is -1.44. The lowest BCUT2D eigenvalue weighted by Gasteiger charge is -2.28. The van der Waals surface area contributed by atoms with Gasteiger partial charge in [0, 0.05) is 11.1 Å². The van der Waals surface area contributed by atoms with Gasteiger partial charge in [0.2, 0.25) is 0 Å². The SMILES string of the molecule is CCCCc1ccc(C2(C#N)C=CC(C#Cc3ccccc3)=CC2F)cc1. The molecule has 0 radical (unpaired) electrons. The summed E-state index contributed by atoms with van der Waals surface area (Å²) < 4.78 is 15.1. The molecule has 0 saturated carbocycles. The van der Waals surface area contributed by atoms with Crippen molar-refractivity contribution in [3.8, 4) is 17.9 Å². The van der Waals surface area contributed by atoms with Gasteiger partial charge in [-0.25, -0.2) is 4.39 Å². The molecule has 2 heteroatoms. The van der Waals surface area contributed by atoms with Gasteiger partial charge in [0.25, 0.3) is 0 Å². The molecule has 0 aliphatic heterocycles. The molecule has 1 nitrogen and oxygen atoms in total. The van der Waals surface area contributed by atoms with Crippen LogP contribution in [0.1, 0.15) is 36.5 Å². The van der Waals surface area contributed by atoms with E-state index in [0.29, 0.717) is 11.1 Å². The molecular weight excluding hydrogens is 333 g/mol. The summed E-state index contributed by atoms with van der Waals surface area (Å²) in [5.41, 5.74) is 2.08. The standard InChI is InChI=1S/C25H22FN/c1-2-3-7-21-12-14-23(15-13-21)25(19-27)17-16-22(18-24(25)26)11-10-20-8-5-4-6-9-20/h4-6,8-9,12-18,24H,2-3,7H2,1H3. The fourth-order valence-electron chi connectivity index (χ4n) is 3.15. The number of unbranched alkanes of at least 4 members (excludes halogenated alkanes) is 1. The molecule has 0 spiro atoms. The molecule has 27 heavy (non-hydrogen) atoms. The smallest absolute Gasteiger partial charge is 0.146 e. The molecule has 0 heterocycles. The maximum Gasteiger partial charge on any atom is 0.146 e. The van der Waals surface area contributed by atoms with Gasteiger partial charge in [0.05, 0.1) is 6.07 Å². The van der Waals surface area contributed by atoms with E-state index in [1.165, 1.54) is 11.6 Å². The lowest BCUT2D eigenvalue weighted by atomic mass is 9.74. The van der Waals surface area contributed by atoms with Gasteiger partial charge in [0.1, 0.15) is 11.6 Å². The summed E-state index contributed by atoms with van der Waals surface area (Å²) in [4.78, 5) is 0. The molecule has 0 saturated heterocycles. The van der Waals surface area contributed by atoms with Crippen molar-refractivity contribution in [2.45, 2.75) is 37.8 Å². The zero-order valence-corrected chi connectivity index (χ0v) is 15.5. The van der Waals surface area contributed by atoms with Crippen molar-refractivity contribution in [1.29, 1.82) is 5.26 Å². The van der Waals surface area contributed by atoms with Crippen LogP contribution < -0.4 is 0 Å². The zero-order chi connectivity index (χ0) is 19.1. The quantitative estimate of drug-likeness (QED) is 0.648. The second-order valence-corrected chi connectivity index (χ2v) is 6.75. The number of nitrogens with zero attached hydrogens (tertiary/aromatic N) is 1. The first-order chi connectivity index (χ1) is 13.2. The topological polar surface area (TPSA) is 23.8 Å². The van der Waals surface area contributed by atoms with Crippen LogP contribution in [0.25, 0.3) is 0 Å². The van der Waals surface area contributed by atoms with Gasteiger partial charge in [-0.3, -0.25) is 0 Å². The number of benzene rings is 2. The Bertz CT molecular complexity index is 936. The molecule has 134 valence electrons. The Kier molecular flexibility index (Phi) is 5.90. The molecule has 1 aliphatic carbocycles. The van der Waals surface area contributed by atoms with Crippen LogP contribution in [0.5, 0.6) is 0 Å². The molecule has 0 amide bonds. The van der Waals surface area contributed by atoms with E-state index in [4.69, 9.17) is 0 Å². The third kappa shape index (κ3) is 4.18. The molecule has 0 fully saturated rings. The van der Waals surface area contributed by atoms with Gasteiger partial charge in [-0.1, -0.05) is 73.7 Å². The summed E-state index contributed by atoms with van der Waals surface area (Å²) >= 11 is 0. The summed E-state index contributed by atoms with van der Waals surface area (Å²) in [6.07, 6.45) is 6.67. The Morgan fingerprint density at radius 3 is 2.41 bits per heavy atom. The highest BCUT2D eigenvalue weighted by atomic mass is 19.1. The second kappa shape index (κ2) is 8.52. The lowest BCUT2D eigenvalue weighted by molar-refractivity contribution is 0.321. The summed E-state index contributed by atoms with van der Waals surface area (Å²) in [5.74, 6) is 6.02. The van der Waals surface area contributed by atoms with Gasteiger partial charge >= 0.3 is 0 Å². The average Bonchev–Trinajstić information content (AvgIpc) is 2.72. The summed E-state index contributed by atoms with van der Waals surface area (Å²) in [6, 6.07) is 19.5. The Morgan fingerprint density at radius 1 is 1.04 bits per heavy atom. The van der Waals surface area contributed by atoms with Crippen molar-refractivity contribution in [3.63, 3.8) is 0 Å². The number of rotatable bonds is 4. The van der Waals surface area contributed by atoms with E-state index in [1.54, 1.807) is 12.2 Å². The highest BCUT2D eigenvalue weighted by Gasteiger charge is 2.40. The van der Waals surface area contributed by atoms with E-state index >= 15 is 4.39 Å². The number of aryl methyl sites for hydroxylation is 1. The first-order valence-electron chi connectivity index (χ1n) is 9.31. The molecule has 2 aromatic carbocycles. The van der Waals surface area contributed by atoms with E-state index < -0.39 is 11.6 Å². The second-order valence-electron chi connectivity index (χ2n) is 6.75. The molecule has 2 unspecified atom stereocenters. The van der Waals surface area contributed by atoms with Crippen molar-refractivity contribution < 1.29 is 4.39 Å². The van der Waals surface area contributed by atoms with Crippen LogP contribution in [0.4, 0.5) is 4.39 Å². The average molecular weight is 355 g/mol. The van der Waals surface area contributed by atoms with Crippen molar-refractivity contribution in [1.82, 2.24) is 0 Å². The first kappa shape index (κ1) is 18.7. The number of nitriles is 1. The van der Waals surface area contributed by atoms with Crippen molar-refractivity contribution in [2.24, 2.45) is 0 Å². The Labute approximate surface area is 160 Å². The molecule has 0 bridgehead atoms. The van der Waals surface area contributed by atoms with Crippen molar-refractivity contribution in [3.05, 3.63) is 95.1 Å². The highest BCUT2D eigenvalue weighted by molar-refractivity contribution is 5.54. The Balaban J connectivity index is 1.82. The highest BCUT2D eigenvalue weighted by Crippen LogP contribution is 2.36. The number of hydrogen-bond donors (Lipinski definition) is 0. The molecule has 3 rings (SSSR count). The number of allylic oxidation sites excluding steroid dienone is 4. The Morgan fingerprint density at radius 2 is 1.78 bits per heavy atom. The molecule has 2 atom stereocenters. The van der Waals surface area contributed by atoms with Crippen LogP contribution in [-0.2, 0) is 11.8 Å². The van der Waals surface area contributed by atoms with Crippen molar-refractivity contribution >= 4 is 0 Å². The van der Waals surface area contributed by atoms with Gasteiger partial charge < -0.3 is 0 Å². The van der Waals surface area contributed by atoms with Crippen LogP contribution in [0.3, 0.4) is 0 Å². The van der Waals surface area contributed by atoms with Crippen LogP contribution in [0.15, 0.2) is 78.4 Å². The minimum absolute atomic E-state index is 0.594. The molecule has 2 aromatic rings. The normalized spacial score (nSPS) is 20.9. The largest absolute Gasteiger partial charge is 0.240 e. The Hall–Kier alpha value is -3.10. The van der Waals surface area contributed by atoms with Crippen LogP contribution in [0.2, 0.25) is 0 Å². The van der Waals surface area contributed by atoms with Crippen LogP contribution in [-0.4, -0.2) is 6.17 Å². The fourth-order valence-corrected chi connectivity index (χ4v) is 3.15. The van der Waals surface area contributed by atoms with E-state index in [9.17, 15) is 5.26 Å². The molecule has 1 aliphatic rings. The number of hydrogen-bond acceptors (Lipinski definition) is 1. The third-order valence-corrected chi connectivity index (χ3v) is 4.85. The van der Waals surface area contributed by atoms with Gasteiger partial charge in [-0.15, -0.1) is 0 Å². The first-order valence-corrected chi connectivity index (χ1v) is 9.31. The van der Waals surface area contributed by atoms with Crippen LogP contribution >= 0.6 is 0 Å². The van der Waals surface area contributed by atoms with E-state index in [-0.39, 0.29) is 0 Å². The minimum Gasteiger partial charge on any atom is -0.240 e. The summed E-state index contributed by atoms with van der Waals surface area (Å²) in [5, 5.41) is 9.76. The third-order valence-electron chi connectivity index (χ3n) is 4.85. The van der Waals surface area contributed by atoms with Crippen molar-refractivity contribution in [2.75, 3.05) is 0 Å². The maximum atomic E-state index is 15.1. The van der Waals surface area contributed by atoms with E-state index in [0.717, 1.165) is 24.8 Å². The fraction of sp³-hybridized carbons (Fsp3) is 0.240. The number of alkyl halides is 1. The summed E-state index contributed by atoms with van der Waals surface area (Å²) in [6.45, 7) is 2.16. The van der Waals surface area contributed by atoms with Gasteiger partial charge in [-0.05, 0) is 48.3 Å². The van der Waals surface area contributed by atoms with Gasteiger partial charge in [0.15, 0.2) is 0 Å². The monoisotopic (exact) mass is 355 g/mol. The number of halogens is 1. The predicted molar refractivity (Wildman–Crippen MR) is 108 cm³/mol.